The Morgan fingerprint density at radius 1 is 1.28 bits per heavy atom. The summed E-state index contributed by atoms with van der Waals surface area (Å²) in [6.45, 7) is -7.85. The maximum atomic E-state index is 15.7. The standard InChI is InChI=1S/C11H13FN2O4/c12-11(6-17-9(13)15,7-18-10(14)16)8-4-2-1-3-5-8/h1-5H,6-7H2,(H2,13,15)(H2,14,16)/i1D,4D,5D,6D2,7D2. The zero-order chi connectivity index (χ0) is 19.8. The van der Waals surface area contributed by atoms with E-state index in [1.165, 1.54) is 0 Å². The number of rotatable bonds is 5. The van der Waals surface area contributed by atoms with E-state index in [2.05, 4.69) is 20.9 Å². The minimum absolute atomic E-state index is 0.422. The summed E-state index contributed by atoms with van der Waals surface area (Å²) in [7, 11) is 0. The fourth-order valence-corrected chi connectivity index (χ4v) is 0.874. The Labute approximate surface area is 112 Å². The molecule has 0 radical (unpaired) electrons. The maximum absolute atomic E-state index is 15.7. The summed E-state index contributed by atoms with van der Waals surface area (Å²) in [5.41, 5.74) is 3.81. The molecule has 0 aliphatic carbocycles. The van der Waals surface area contributed by atoms with Crippen molar-refractivity contribution in [2.45, 2.75) is 5.67 Å². The van der Waals surface area contributed by atoms with Gasteiger partial charge in [-0.2, -0.15) is 0 Å². The number of hydrogen-bond acceptors (Lipinski definition) is 4. The molecule has 0 aliphatic heterocycles. The van der Waals surface area contributed by atoms with Gasteiger partial charge in [0.25, 0.3) is 0 Å². The van der Waals surface area contributed by atoms with E-state index in [0.717, 1.165) is 0 Å². The highest BCUT2D eigenvalue weighted by atomic mass is 19.1. The van der Waals surface area contributed by atoms with Gasteiger partial charge in [-0.1, -0.05) is 30.3 Å². The Morgan fingerprint density at radius 3 is 2.11 bits per heavy atom. The van der Waals surface area contributed by atoms with Crippen LogP contribution in [0.4, 0.5) is 14.0 Å². The Balaban J connectivity index is 3.82. The van der Waals surface area contributed by atoms with Crippen molar-refractivity contribution in [1.29, 1.82) is 0 Å². The number of halogens is 1. The average Bonchev–Trinajstić information content (AvgIpc) is 2.33. The number of carbonyl (C=O) groups excluding carboxylic acids is 2. The van der Waals surface area contributed by atoms with E-state index in [4.69, 9.17) is 9.60 Å². The molecule has 7 heteroatoms. The summed E-state index contributed by atoms with van der Waals surface area (Å²) in [5, 5.41) is 0. The molecule has 1 aromatic rings. The minimum atomic E-state index is -4.22. The van der Waals surface area contributed by atoms with E-state index in [9.17, 15) is 9.59 Å². The molecular weight excluding hydrogens is 243 g/mol. The van der Waals surface area contributed by atoms with Crippen molar-refractivity contribution in [2.75, 3.05) is 13.1 Å². The minimum Gasteiger partial charge on any atom is -0.446 e. The monoisotopic (exact) mass is 263 g/mol. The Hall–Kier alpha value is -2.31. The van der Waals surface area contributed by atoms with Crippen molar-refractivity contribution in [3.05, 3.63) is 35.8 Å². The van der Waals surface area contributed by atoms with Gasteiger partial charge in [0, 0.05) is 0 Å². The second-order valence-corrected chi connectivity index (χ2v) is 2.82. The second kappa shape index (κ2) is 5.85. The van der Waals surface area contributed by atoms with Gasteiger partial charge < -0.3 is 20.9 Å². The normalized spacial score (nSPS) is 17.9. The van der Waals surface area contributed by atoms with Crippen LogP contribution >= 0.6 is 0 Å². The summed E-state index contributed by atoms with van der Waals surface area (Å²) < 4.78 is 76.7. The molecule has 0 saturated carbocycles. The van der Waals surface area contributed by atoms with Crippen molar-refractivity contribution >= 4 is 12.2 Å². The predicted molar refractivity (Wildman–Crippen MR) is 60.3 cm³/mol. The number of hydrogen-bond donors (Lipinski definition) is 2. The molecule has 2 amide bonds. The summed E-state index contributed by atoms with van der Waals surface area (Å²) >= 11 is 0. The third kappa shape index (κ3) is 3.93. The lowest BCUT2D eigenvalue weighted by atomic mass is 9.97. The van der Waals surface area contributed by atoms with Gasteiger partial charge in [0.1, 0.15) is 13.1 Å². The molecule has 0 aliphatic rings. The van der Waals surface area contributed by atoms with Crippen LogP contribution in [0.2, 0.25) is 0 Å². The van der Waals surface area contributed by atoms with Gasteiger partial charge >= 0.3 is 12.2 Å². The fourth-order valence-electron chi connectivity index (χ4n) is 0.874. The highest BCUT2D eigenvalue weighted by molar-refractivity contribution is 5.65. The molecule has 0 aromatic heterocycles. The zero-order valence-electron chi connectivity index (χ0n) is 15.8. The van der Waals surface area contributed by atoms with Gasteiger partial charge in [-0.3, -0.25) is 0 Å². The molecule has 6 nitrogen and oxygen atoms in total. The van der Waals surface area contributed by atoms with Crippen molar-refractivity contribution in [1.82, 2.24) is 0 Å². The number of nitrogens with two attached hydrogens (primary N) is 2. The number of carbonyl (C=O) groups is 2. The molecule has 98 valence electrons. The SMILES string of the molecule is [2H]c1cc([2H])c(C(F)(C([2H])([2H])OC(N)=O)C([2H])([2H])OC(N)=O)c([2H])c1. The van der Waals surface area contributed by atoms with Crippen LogP contribution in [-0.4, -0.2) is 25.3 Å². The molecule has 0 atom stereocenters. The Bertz CT molecular complexity index is 665. The van der Waals surface area contributed by atoms with Crippen LogP contribution in [0, 0.1) is 0 Å². The van der Waals surface area contributed by atoms with E-state index in [-0.39, 0.29) is 0 Å². The van der Waals surface area contributed by atoms with Crippen LogP contribution in [-0.2, 0) is 15.1 Å². The molecule has 0 spiro atoms. The van der Waals surface area contributed by atoms with Gasteiger partial charge in [-0.15, -0.1) is 0 Å². The summed E-state index contributed by atoms with van der Waals surface area (Å²) in [6.07, 6.45) is -3.67. The van der Waals surface area contributed by atoms with Crippen LogP contribution in [0.25, 0.3) is 0 Å². The van der Waals surface area contributed by atoms with Crippen LogP contribution in [0.3, 0.4) is 0 Å². The molecule has 0 heterocycles. The molecule has 1 aromatic carbocycles. The Morgan fingerprint density at radius 2 is 1.72 bits per heavy atom. The number of alkyl halides is 1. The number of primary amides is 2. The van der Waals surface area contributed by atoms with Gasteiger partial charge in [0.2, 0.25) is 5.67 Å². The van der Waals surface area contributed by atoms with Crippen molar-refractivity contribution in [3.8, 4) is 0 Å². The number of ether oxygens (including phenoxy) is 2. The summed E-state index contributed by atoms with van der Waals surface area (Å²) in [4.78, 5) is 21.8. The smallest absolute Gasteiger partial charge is 0.404 e. The molecule has 0 bridgehead atoms. The van der Waals surface area contributed by atoms with Crippen molar-refractivity contribution in [2.24, 2.45) is 11.5 Å². The third-order valence-corrected chi connectivity index (χ3v) is 1.53. The van der Waals surface area contributed by atoms with E-state index < -0.39 is 54.7 Å². The summed E-state index contributed by atoms with van der Waals surface area (Å²) in [6, 6.07) is -1.01. The van der Waals surface area contributed by atoms with Crippen LogP contribution in [0.5, 0.6) is 0 Å². The molecule has 0 saturated heterocycles. The van der Waals surface area contributed by atoms with Gasteiger partial charge in [0.15, 0.2) is 0 Å². The molecule has 18 heavy (non-hydrogen) atoms. The van der Waals surface area contributed by atoms with E-state index in [1.807, 2.05) is 0 Å². The first-order valence-electron chi connectivity index (χ1n) is 7.90. The molecule has 4 N–H and O–H groups in total. The lowest BCUT2D eigenvalue weighted by Gasteiger charge is -2.24. The van der Waals surface area contributed by atoms with Gasteiger partial charge in [-0.25, -0.2) is 14.0 Å². The highest BCUT2D eigenvalue weighted by Gasteiger charge is 2.35. The summed E-state index contributed by atoms with van der Waals surface area (Å²) in [5.74, 6) is 0. The van der Waals surface area contributed by atoms with Crippen LogP contribution < -0.4 is 11.5 Å². The molecule has 1 rings (SSSR count). The van der Waals surface area contributed by atoms with Crippen LogP contribution in [0.15, 0.2) is 30.3 Å². The zero-order valence-corrected chi connectivity index (χ0v) is 8.82. The second-order valence-electron chi connectivity index (χ2n) is 2.82. The van der Waals surface area contributed by atoms with Crippen molar-refractivity contribution < 1.29 is 33.0 Å². The van der Waals surface area contributed by atoms with Crippen LogP contribution in [0.1, 0.15) is 15.2 Å². The predicted octanol–water partition coefficient (Wildman–Crippen LogP) is 1.04. The number of amides is 2. The van der Waals surface area contributed by atoms with Gasteiger partial charge in [0.05, 0.1) is 9.60 Å². The first-order chi connectivity index (χ1) is 11.2. The fraction of sp³-hybridized carbons (Fsp3) is 0.273. The lowest BCUT2D eigenvalue weighted by Crippen LogP contribution is -2.36. The van der Waals surface area contributed by atoms with E-state index in [0.29, 0.717) is 12.1 Å². The first kappa shape index (κ1) is 6.58. The molecule has 0 fully saturated rings. The Kier molecular flexibility index (Phi) is 2.14. The molecular formula is C11H13FN2O4. The van der Waals surface area contributed by atoms with Crippen molar-refractivity contribution in [3.63, 3.8) is 0 Å². The van der Waals surface area contributed by atoms with E-state index >= 15 is 4.39 Å². The van der Waals surface area contributed by atoms with E-state index in [1.54, 1.807) is 0 Å². The largest absolute Gasteiger partial charge is 0.446 e. The maximum Gasteiger partial charge on any atom is 0.404 e. The quantitative estimate of drug-likeness (QED) is 0.828. The average molecular weight is 263 g/mol. The molecule has 0 unspecified atom stereocenters. The van der Waals surface area contributed by atoms with Gasteiger partial charge in [-0.05, 0) is 5.56 Å². The number of benzene rings is 1. The lowest BCUT2D eigenvalue weighted by molar-refractivity contribution is -0.00109. The third-order valence-electron chi connectivity index (χ3n) is 1.53. The topological polar surface area (TPSA) is 105 Å². The highest BCUT2D eigenvalue weighted by Crippen LogP contribution is 2.27. The first-order valence-corrected chi connectivity index (χ1v) is 4.40.